The van der Waals surface area contributed by atoms with E-state index < -0.39 is 5.97 Å². The number of hydrogen-bond donors (Lipinski definition) is 1. The molecular formula is C11H20O4. The van der Waals surface area contributed by atoms with Gasteiger partial charge < -0.3 is 9.90 Å². The number of unbranched alkanes of at least 4 members (excludes halogenated alkanes) is 2. The fourth-order valence-electron chi connectivity index (χ4n) is 0.917. The van der Waals surface area contributed by atoms with Crippen molar-refractivity contribution in [3.63, 3.8) is 0 Å². The van der Waals surface area contributed by atoms with E-state index in [0.717, 1.165) is 32.5 Å². The molecule has 0 saturated carbocycles. The molecule has 0 aliphatic heterocycles. The van der Waals surface area contributed by atoms with E-state index in [-0.39, 0.29) is 5.78 Å². The zero-order chi connectivity index (χ0) is 12.1. The highest BCUT2D eigenvalue weighted by molar-refractivity contribution is 5.80. The van der Waals surface area contributed by atoms with Gasteiger partial charge in [-0.3, -0.25) is 9.59 Å². The predicted molar refractivity (Wildman–Crippen MR) is 57.8 cm³/mol. The minimum absolute atomic E-state index is 0.227. The van der Waals surface area contributed by atoms with E-state index in [9.17, 15) is 9.59 Å². The van der Waals surface area contributed by atoms with Gasteiger partial charge in [0.2, 0.25) is 0 Å². The maximum atomic E-state index is 10.9. The lowest BCUT2D eigenvalue weighted by molar-refractivity contribution is -0.134. The van der Waals surface area contributed by atoms with E-state index in [2.05, 4.69) is 6.92 Å². The average molecular weight is 216 g/mol. The number of carboxylic acid groups (broad SMARTS) is 1. The number of rotatable bonds is 7. The molecule has 0 fully saturated rings. The highest BCUT2D eigenvalue weighted by Gasteiger charge is 1.99. The number of ketones is 1. The van der Waals surface area contributed by atoms with Gasteiger partial charge in [0.05, 0.1) is 0 Å². The van der Waals surface area contributed by atoms with E-state index in [1.807, 2.05) is 0 Å². The van der Waals surface area contributed by atoms with Crippen molar-refractivity contribution in [3.05, 3.63) is 0 Å². The van der Waals surface area contributed by atoms with Gasteiger partial charge in [0.25, 0.3) is 5.97 Å². The van der Waals surface area contributed by atoms with Crippen molar-refractivity contribution in [2.75, 3.05) is 0 Å². The van der Waals surface area contributed by atoms with Gasteiger partial charge in [0, 0.05) is 26.2 Å². The molecule has 0 aromatic rings. The Balaban J connectivity index is 0. The fraction of sp³-hybridized carbons (Fsp3) is 0.727. The van der Waals surface area contributed by atoms with Crippen molar-refractivity contribution in [1.82, 2.24) is 0 Å². The number of hydrogen-bond acceptors (Lipinski definition) is 3. The number of carboxylic acids is 1. The van der Waals surface area contributed by atoms with Crippen LogP contribution < -0.4 is 0 Å². The Kier molecular flexibility index (Phi) is 13.9. The molecule has 0 aliphatic rings. The van der Waals surface area contributed by atoms with E-state index in [4.69, 9.17) is 9.90 Å². The Bertz CT molecular complexity index is 183. The maximum absolute atomic E-state index is 10.9. The van der Waals surface area contributed by atoms with Gasteiger partial charge in [-0.2, -0.15) is 0 Å². The average Bonchev–Trinajstić information content (AvgIpc) is 2.14. The van der Waals surface area contributed by atoms with Crippen LogP contribution in [0.15, 0.2) is 0 Å². The number of Topliss-reactive ketones (excluding diaryl/α,β-unsaturated/α-hetero) is 1. The normalized spacial score (nSPS) is 8.67. The number of carbonyl (C=O) groups excluding carboxylic acids is 2. The predicted octanol–water partition coefficient (Wildman–Crippen LogP) is 2.21. The summed E-state index contributed by atoms with van der Waals surface area (Å²) in [5.74, 6) is -0.606. The first kappa shape index (κ1) is 16.2. The van der Waals surface area contributed by atoms with Gasteiger partial charge in [-0.15, -0.1) is 0 Å². The van der Waals surface area contributed by atoms with Gasteiger partial charge in [-0.25, -0.2) is 0 Å². The summed E-state index contributed by atoms with van der Waals surface area (Å²) in [5, 5.41) is 7.42. The second-order valence-electron chi connectivity index (χ2n) is 3.22. The third kappa shape index (κ3) is 24.5. The molecular weight excluding hydrogens is 196 g/mol. The first-order valence-corrected chi connectivity index (χ1v) is 5.19. The van der Waals surface area contributed by atoms with E-state index in [1.165, 1.54) is 0 Å². The number of aliphatic carboxylic acids is 1. The van der Waals surface area contributed by atoms with Crippen molar-refractivity contribution >= 4 is 18.0 Å². The fourth-order valence-corrected chi connectivity index (χ4v) is 0.917. The molecule has 4 nitrogen and oxygen atoms in total. The minimum atomic E-state index is -0.833. The van der Waals surface area contributed by atoms with E-state index >= 15 is 0 Å². The lowest BCUT2D eigenvalue weighted by Crippen LogP contribution is -1.97. The van der Waals surface area contributed by atoms with Gasteiger partial charge in [-0.1, -0.05) is 19.8 Å². The summed E-state index contributed by atoms with van der Waals surface area (Å²) in [6.45, 7) is 3.19. The molecule has 0 unspecified atom stereocenters. The summed E-state index contributed by atoms with van der Waals surface area (Å²) in [4.78, 5) is 29.8. The first-order valence-electron chi connectivity index (χ1n) is 5.19. The highest BCUT2D eigenvalue weighted by atomic mass is 16.4. The molecule has 0 radical (unpaired) electrons. The standard InChI is InChI=1S/C9H16O2.C2H4O2/c1-2-3-4-6-9(11)7-5-8-10;1-2(3)4/h8H,2-7H2,1H3;1H3,(H,3,4). The zero-order valence-corrected chi connectivity index (χ0v) is 9.49. The van der Waals surface area contributed by atoms with Gasteiger partial charge >= 0.3 is 0 Å². The SMILES string of the molecule is CC(=O)O.CCCCCC(=O)CCC=O. The van der Waals surface area contributed by atoms with Crippen LogP contribution >= 0.6 is 0 Å². The molecule has 0 aliphatic carbocycles. The molecule has 0 aromatic carbocycles. The molecule has 0 saturated heterocycles. The summed E-state index contributed by atoms with van der Waals surface area (Å²) in [7, 11) is 0. The summed E-state index contributed by atoms with van der Waals surface area (Å²) < 4.78 is 0. The lowest BCUT2D eigenvalue weighted by atomic mass is 10.1. The van der Waals surface area contributed by atoms with E-state index in [0.29, 0.717) is 19.3 Å². The van der Waals surface area contributed by atoms with Crippen molar-refractivity contribution in [2.24, 2.45) is 0 Å². The first-order chi connectivity index (χ1) is 7.04. The Morgan fingerprint density at radius 2 is 1.73 bits per heavy atom. The van der Waals surface area contributed by atoms with Gasteiger partial charge in [0.1, 0.15) is 12.1 Å². The molecule has 0 amide bonds. The monoisotopic (exact) mass is 216 g/mol. The van der Waals surface area contributed by atoms with Crippen molar-refractivity contribution in [1.29, 1.82) is 0 Å². The number of carbonyl (C=O) groups is 3. The Labute approximate surface area is 90.7 Å². The lowest BCUT2D eigenvalue weighted by Gasteiger charge is -1.95. The number of aldehydes is 1. The molecule has 1 N–H and O–H groups in total. The zero-order valence-electron chi connectivity index (χ0n) is 9.49. The van der Waals surface area contributed by atoms with Crippen LogP contribution in [0.3, 0.4) is 0 Å². The van der Waals surface area contributed by atoms with Crippen LogP contribution in [0.2, 0.25) is 0 Å². The second-order valence-corrected chi connectivity index (χ2v) is 3.22. The third-order valence-corrected chi connectivity index (χ3v) is 1.60. The molecule has 0 aromatic heterocycles. The maximum Gasteiger partial charge on any atom is 0.300 e. The van der Waals surface area contributed by atoms with Crippen LogP contribution in [0.1, 0.15) is 52.4 Å². The van der Waals surface area contributed by atoms with Gasteiger partial charge in [-0.05, 0) is 6.42 Å². The summed E-state index contributed by atoms with van der Waals surface area (Å²) in [6.07, 6.45) is 5.53. The molecule has 15 heavy (non-hydrogen) atoms. The van der Waals surface area contributed by atoms with Gasteiger partial charge in [0.15, 0.2) is 0 Å². The minimum Gasteiger partial charge on any atom is -0.481 e. The van der Waals surface area contributed by atoms with Crippen LogP contribution in [0.25, 0.3) is 0 Å². The van der Waals surface area contributed by atoms with Crippen molar-refractivity contribution in [2.45, 2.75) is 52.4 Å². The molecule has 4 heteroatoms. The molecule has 88 valence electrons. The highest BCUT2D eigenvalue weighted by Crippen LogP contribution is 2.02. The van der Waals surface area contributed by atoms with Crippen LogP contribution in [-0.4, -0.2) is 23.1 Å². The van der Waals surface area contributed by atoms with Crippen molar-refractivity contribution in [3.8, 4) is 0 Å². The van der Waals surface area contributed by atoms with Crippen LogP contribution in [0.5, 0.6) is 0 Å². The van der Waals surface area contributed by atoms with Crippen LogP contribution in [0, 0.1) is 0 Å². The topological polar surface area (TPSA) is 71.4 Å². The Hall–Kier alpha value is -1.19. The Morgan fingerprint density at radius 1 is 1.20 bits per heavy atom. The van der Waals surface area contributed by atoms with Crippen LogP contribution in [-0.2, 0) is 14.4 Å². The smallest absolute Gasteiger partial charge is 0.300 e. The van der Waals surface area contributed by atoms with E-state index in [1.54, 1.807) is 0 Å². The molecule has 0 spiro atoms. The molecule has 0 atom stereocenters. The molecule has 0 bridgehead atoms. The summed E-state index contributed by atoms with van der Waals surface area (Å²) in [6, 6.07) is 0. The third-order valence-electron chi connectivity index (χ3n) is 1.60. The quantitative estimate of drug-likeness (QED) is 0.523. The van der Waals surface area contributed by atoms with Crippen LogP contribution in [0.4, 0.5) is 0 Å². The summed E-state index contributed by atoms with van der Waals surface area (Å²) in [5.41, 5.74) is 0. The largest absolute Gasteiger partial charge is 0.481 e. The second kappa shape index (κ2) is 12.8. The summed E-state index contributed by atoms with van der Waals surface area (Å²) >= 11 is 0. The molecule has 0 rings (SSSR count). The van der Waals surface area contributed by atoms with Crippen molar-refractivity contribution < 1.29 is 19.5 Å². The molecule has 0 heterocycles. The Morgan fingerprint density at radius 3 is 2.13 bits per heavy atom.